The number of hydrogen-bond acceptors (Lipinski definition) is 13. The Morgan fingerprint density at radius 3 is 2.13 bits per heavy atom. The molecule has 13 heteroatoms. The number of carbonyl (C=O) groups excluding carboxylic acids is 6. The van der Waals surface area contributed by atoms with Gasteiger partial charge >= 0.3 is 23.9 Å². The summed E-state index contributed by atoms with van der Waals surface area (Å²) < 4.78 is 37.3. The molecule has 1 aliphatic heterocycles. The van der Waals surface area contributed by atoms with Crippen molar-refractivity contribution < 1.29 is 62.3 Å². The predicted octanol–water partition coefficient (Wildman–Crippen LogP) is 6.39. The van der Waals surface area contributed by atoms with E-state index in [-0.39, 0.29) is 37.4 Å². The lowest BCUT2D eigenvalue weighted by Gasteiger charge is -2.68. The van der Waals surface area contributed by atoms with Gasteiger partial charge in [0.15, 0.2) is 23.3 Å². The number of ketones is 2. The van der Waals surface area contributed by atoms with Crippen molar-refractivity contribution >= 4 is 41.5 Å². The molecule has 7 rings (SSSR count). The molecule has 1 saturated heterocycles. The number of hydrogen-bond donors (Lipinski definition) is 1. The van der Waals surface area contributed by atoms with E-state index in [4.69, 9.17) is 28.4 Å². The molecule has 0 spiro atoms. The molecule has 1 N–H and O–H groups in total. The quantitative estimate of drug-likeness (QED) is 0.0739. The lowest BCUT2D eigenvalue weighted by molar-refractivity contribution is -0.352. The number of aryl methyl sites for hydroxylation is 1. The van der Waals surface area contributed by atoms with Crippen LogP contribution in [0.2, 0.25) is 0 Å². The Morgan fingerprint density at radius 2 is 1.51 bits per heavy atom. The van der Waals surface area contributed by atoms with Gasteiger partial charge < -0.3 is 33.5 Å². The predicted molar refractivity (Wildman–Crippen MR) is 228 cm³/mol. The van der Waals surface area contributed by atoms with Crippen molar-refractivity contribution in [3.63, 3.8) is 0 Å². The molecule has 332 valence electrons. The molecule has 0 unspecified atom stereocenters. The molecule has 0 amide bonds. The summed E-state index contributed by atoms with van der Waals surface area (Å²) in [7, 11) is 0. The van der Waals surface area contributed by atoms with E-state index in [1.54, 1.807) is 64.1 Å². The van der Waals surface area contributed by atoms with Crippen LogP contribution in [0.4, 0.5) is 0 Å². The molecule has 9 atom stereocenters. The van der Waals surface area contributed by atoms with Crippen LogP contribution in [0.25, 0.3) is 6.08 Å². The lowest BCUT2D eigenvalue weighted by Crippen LogP contribution is -2.82. The van der Waals surface area contributed by atoms with Crippen molar-refractivity contribution in [1.82, 2.24) is 0 Å². The van der Waals surface area contributed by atoms with E-state index >= 15 is 4.79 Å². The van der Waals surface area contributed by atoms with Gasteiger partial charge in [0.1, 0.15) is 23.9 Å². The van der Waals surface area contributed by atoms with Gasteiger partial charge in [0.25, 0.3) is 0 Å². The maximum atomic E-state index is 15.9. The first-order valence-electron chi connectivity index (χ1n) is 21.1. The summed E-state index contributed by atoms with van der Waals surface area (Å²) in [6.07, 6.45) is -4.10. The largest absolute Gasteiger partial charge is 0.458 e. The number of carbonyl (C=O) groups is 6. The molecular weight excluding hydrogens is 809 g/mol. The molecule has 63 heavy (non-hydrogen) atoms. The Labute approximate surface area is 366 Å². The second-order valence-electron chi connectivity index (χ2n) is 17.9. The molecule has 0 aromatic heterocycles. The highest BCUT2D eigenvalue weighted by molar-refractivity contribution is 6.09. The molecule has 3 fully saturated rings. The third-order valence-electron chi connectivity index (χ3n) is 13.6. The number of rotatable bonds is 11. The highest BCUT2D eigenvalue weighted by Gasteiger charge is 2.78. The van der Waals surface area contributed by atoms with E-state index in [2.05, 4.69) is 0 Å². The van der Waals surface area contributed by atoms with Crippen molar-refractivity contribution in [2.45, 2.75) is 117 Å². The first-order valence-corrected chi connectivity index (χ1v) is 21.1. The van der Waals surface area contributed by atoms with Gasteiger partial charge in [-0.3, -0.25) is 24.0 Å². The average Bonchev–Trinajstić information content (AvgIpc) is 3.22. The minimum absolute atomic E-state index is 0.0748. The van der Waals surface area contributed by atoms with E-state index in [0.717, 1.165) is 18.1 Å². The van der Waals surface area contributed by atoms with Crippen LogP contribution in [0.1, 0.15) is 93.9 Å². The van der Waals surface area contributed by atoms with Gasteiger partial charge in [0.2, 0.25) is 0 Å². The number of ether oxygens (including phenoxy) is 6. The lowest BCUT2D eigenvalue weighted by atomic mass is 9.44. The van der Waals surface area contributed by atoms with E-state index in [1.807, 2.05) is 49.4 Å². The second-order valence-corrected chi connectivity index (χ2v) is 17.9. The summed E-state index contributed by atoms with van der Waals surface area (Å²) in [6.45, 7) is 11.9. The Balaban J connectivity index is 1.37. The average molecular weight is 863 g/mol. The first kappa shape index (κ1) is 45.3. The van der Waals surface area contributed by atoms with E-state index < -0.39 is 88.1 Å². The first-order chi connectivity index (χ1) is 29.7. The molecule has 0 radical (unpaired) electrons. The highest BCUT2D eigenvalue weighted by atomic mass is 16.6. The summed E-state index contributed by atoms with van der Waals surface area (Å²) in [5.74, 6) is -5.21. The monoisotopic (exact) mass is 862 g/mol. The minimum atomic E-state index is -2.04. The Hall–Kier alpha value is -5.76. The van der Waals surface area contributed by atoms with Gasteiger partial charge in [-0.25, -0.2) is 4.79 Å². The number of esters is 4. The van der Waals surface area contributed by atoms with Crippen molar-refractivity contribution in [1.29, 1.82) is 0 Å². The van der Waals surface area contributed by atoms with Crippen LogP contribution in [0.5, 0.6) is 0 Å². The zero-order valence-corrected chi connectivity index (χ0v) is 36.8. The van der Waals surface area contributed by atoms with Gasteiger partial charge in [0, 0.05) is 62.1 Å². The Morgan fingerprint density at radius 1 is 0.825 bits per heavy atom. The van der Waals surface area contributed by atoms with Crippen LogP contribution in [-0.2, 0) is 59.0 Å². The molecule has 1 heterocycles. The van der Waals surface area contributed by atoms with Crippen molar-refractivity contribution in [3.05, 3.63) is 124 Å². The molecule has 4 aliphatic rings. The van der Waals surface area contributed by atoms with Crippen LogP contribution in [0, 0.1) is 23.7 Å². The Kier molecular flexibility index (Phi) is 12.3. The van der Waals surface area contributed by atoms with Crippen molar-refractivity contribution in [2.75, 3.05) is 6.61 Å². The fraction of sp³-hybridized carbons (Fsp3) is 0.440. The summed E-state index contributed by atoms with van der Waals surface area (Å²) in [4.78, 5) is 82.1. The molecule has 2 bridgehead atoms. The highest BCUT2D eigenvalue weighted by Crippen LogP contribution is 2.65. The molecule has 3 aromatic carbocycles. The van der Waals surface area contributed by atoms with Crippen LogP contribution in [0.3, 0.4) is 0 Å². The fourth-order valence-corrected chi connectivity index (χ4v) is 10.4. The summed E-state index contributed by atoms with van der Waals surface area (Å²) in [5.41, 5.74) is -3.20. The Bertz CT molecular complexity index is 2380. The summed E-state index contributed by atoms with van der Waals surface area (Å²) >= 11 is 0. The second kappa shape index (κ2) is 17.1. The van der Waals surface area contributed by atoms with Gasteiger partial charge in [-0.1, -0.05) is 92.2 Å². The smallest absolute Gasteiger partial charge is 0.331 e. The summed E-state index contributed by atoms with van der Waals surface area (Å²) in [6, 6.07) is 23.1. The van der Waals surface area contributed by atoms with Gasteiger partial charge in [-0.15, -0.1) is 0 Å². The molecular formula is C50H54O13. The van der Waals surface area contributed by atoms with Crippen LogP contribution < -0.4 is 0 Å². The van der Waals surface area contributed by atoms with Crippen LogP contribution >= 0.6 is 0 Å². The van der Waals surface area contributed by atoms with Gasteiger partial charge in [-0.2, -0.15) is 0 Å². The van der Waals surface area contributed by atoms with E-state index in [9.17, 15) is 29.1 Å². The molecule has 2 saturated carbocycles. The van der Waals surface area contributed by atoms with Gasteiger partial charge in [-0.05, 0) is 55.2 Å². The number of benzene rings is 3. The topological polar surface area (TPSA) is 178 Å². The van der Waals surface area contributed by atoms with Gasteiger partial charge in [0.05, 0.1) is 24.7 Å². The standard InChI is InChI=1S/C50H54O13/c1-28-17-20-35(21-18-28)42(55)36-16-12-15-33(23-36)19-22-40(54)62-38-24-39-49(27-59-39,63-32(5)53)44-46(58-26-34-13-10-9-11-14-34)50(57)25-37(60-30(3)51)29(2)41(47(50,6)7)43(61-31(4)52)45(56)48(38,44)8/h9-23,37-39,43-44,46,57H,24-27H2,1-8H3/b22-19+/t37-,38-,39+,43+,44-,46-,48+,49-,50+/m0/s1. The van der Waals surface area contributed by atoms with Crippen molar-refractivity contribution in [2.24, 2.45) is 16.7 Å². The van der Waals surface area contributed by atoms with E-state index in [1.165, 1.54) is 26.0 Å². The van der Waals surface area contributed by atoms with Crippen LogP contribution in [-0.4, -0.2) is 88.9 Å². The normalized spacial score (nSPS) is 30.7. The third-order valence-corrected chi connectivity index (χ3v) is 13.6. The SMILES string of the molecule is CC(=O)O[C@H]1C(=O)[C@]2(C)[C@@H](OC(=O)/C=C/c3cccc(C(=O)c4ccc(C)cc4)c3)C[C@H]3OC[C@@]3(OC(C)=O)[C@H]2[C@H](OCc2ccccc2)[C@]2(O)C[C@H](OC(C)=O)C(C)=C1C2(C)C. The number of fused-ring (bicyclic) bond motifs is 5. The number of aliphatic hydroxyl groups is 1. The zero-order valence-electron chi connectivity index (χ0n) is 36.8. The molecule has 3 aromatic rings. The third kappa shape index (κ3) is 8.06. The maximum absolute atomic E-state index is 15.9. The maximum Gasteiger partial charge on any atom is 0.331 e. The fourth-order valence-electron chi connectivity index (χ4n) is 10.4. The minimum Gasteiger partial charge on any atom is -0.458 e. The zero-order chi connectivity index (χ0) is 45.6. The molecule has 3 aliphatic carbocycles. The molecule has 13 nitrogen and oxygen atoms in total. The van der Waals surface area contributed by atoms with E-state index in [0.29, 0.717) is 22.3 Å². The van der Waals surface area contributed by atoms with Crippen molar-refractivity contribution in [3.8, 4) is 0 Å². The van der Waals surface area contributed by atoms with Crippen LogP contribution in [0.15, 0.2) is 96.1 Å². The number of Topliss-reactive ketones (excluding diaryl/α,β-unsaturated/α-hetero) is 1. The summed E-state index contributed by atoms with van der Waals surface area (Å²) in [5, 5.41) is 13.6.